The number of hydrogen-bond donors (Lipinski definition) is 0. The lowest BCUT2D eigenvalue weighted by molar-refractivity contribution is 0.472. The summed E-state index contributed by atoms with van der Waals surface area (Å²) in [5, 5.41) is 7.57. The second-order valence-electron chi connectivity index (χ2n) is 1.58. The maximum Gasteiger partial charge on any atom is 0.226 e. The summed E-state index contributed by atoms with van der Waals surface area (Å²) in [5.41, 5.74) is 0. The molecule has 0 aromatic carbocycles. The topological polar surface area (TPSA) is 38.9 Å². The number of halogens is 1. The van der Waals surface area contributed by atoms with Crippen molar-refractivity contribution in [3.05, 3.63) is 11.8 Å². The van der Waals surface area contributed by atoms with Crippen LogP contribution in [0.15, 0.2) is 4.42 Å². The summed E-state index contributed by atoms with van der Waals surface area (Å²) in [7, 11) is 0. The monoisotopic (exact) mass is 238 g/mol. The number of aryl methyl sites for hydroxylation is 1. The molecule has 0 bridgehead atoms. The Balaban J connectivity index is 2.74. The van der Waals surface area contributed by atoms with Crippen LogP contribution in [0.3, 0.4) is 0 Å². The zero-order chi connectivity index (χ0) is 6.69. The largest absolute Gasteiger partial charge is 0.424 e. The summed E-state index contributed by atoms with van der Waals surface area (Å²) in [6.45, 7) is 1.99. The molecule has 0 aliphatic rings. The molecular weight excluding hydrogens is 231 g/mol. The number of rotatable bonds is 2. The summed E-state index contributed by atoms with van der Waals surface area (Å²) < 4.78 is 5.95. The number of hydrogen-bond acceptors (Lipinski definition) is 3. The third kappa shape index (κ3) is 1.64. The van der Waals surface area contributed by atoms with Gasteiger partial charge in [0.25, 0.3) is 0 Å². The first-order valence-corrected chi connectivity index (χ1v) is 4.26. The van der Waals surface area contributed by atoms with Crippen molar-refractivity contribution in [2.75, 3.05) is 0 Å². The van der Waals surface area contributed by atoms with E-state index >= 15 is 0 Å². The summed E-state index contributed by atoms with van der Waals surface area (Å²) in [4.78, 5) is 0. The van der Waals surface area contributed by atoms with Crippen molar-refractivity contribution in [3.8, 4) is 0 Å². The van der Waals surface area contributed by atoms with E-state index in [2.05, 4.69) is 32.8 Å². The van der Waals surface area contributed by atoms with Gasteiger partial charge in [-0.15, -0.1) is 10.2 Å². The second kappa shape index (κ2) is 3.14. The smallest absolute Gasteiger partial charge is 0.226 e. The Hall–Kier alpha value is -0.130. The van der Waals surface area contributed by atoms with Gasteiger partial charge in [-0.05, 0) is 0 Å². The number of aromatic nitrogens is 2. The molecule has 3 nitrogen and oxygen atoms in total. The molecule has 1 aromatic heterocycles. The van der Waals surface area contributed by atoms with Crippen molar-refractivity contribution in [2.24, 2.45) is 0 Å². The highest BCUT2D eigenvalue weighted by molar-refractivity contribution is 14.1. The average Bonchev–Trinajstić information content (AvgIpc) is 2.34. The van der Waals surface area contributed by atoms with Crippen LogP contribution in [0, 0.1) is 0 Å². The molecule has 0 aliphatic heterocycles. The molecule has 1 rings (SSSR count). The SMILES string of the molecule is CCc1nnc(CI)o1. The third-order valence-electron chi connectivity index (χ3n) is 0.925. The van der Waals surface area contributed by atoms with E-state index in [1.54, 1.807) is 0 Å². The van der Waals surface area contributed by atoms with Gasteiger partial charge in [-0.2, -0.15) is 0 Å². The van der Waals surface area contributed by atoms with E-state index in [9.17, 15) is 0 Å². The molecule has 0 fully saturated rings. The molecule has 0 unspecified atom stereocenters. The Labute approximate surface area is 67.0 Å². The molecule has 0 amide bonds. The minimum absolute atomic E-state index is 0.715. The van der Waals surface area contributed by atoms with Crippen LogP contribution in [0.4, 0.5) is 0 Å². The fourth-order valence-corrected chi connectivity index (χ4v) is 0.793. The van der Waals surface area contributed by atoms with Gasteiger partial charge in [-0.3, -0.25) is 0 Å². The molecule has 0 spiro atoms. The maximum atomic E-state index is 5.15. The second-order valence-corrected chi connectivity index (χ2v) is 2.34. The Morgan fingerprint density at radius 3 is 2.44 bits per heavy atom. The molecule has 1 aromatic rings. The molecule has 50 valence electrons. The minimum atomic E-state index is 0.715. The van der Waals surface area contributed by atoms with Gasteiger partial charge >= 0.3 is 0 Å². The minimum Gasteiger partial charge on any atom is -0.424 e. The Morgan fingerprint density at radius 2 is 2.11 bits per heavy atom. The summed E-state index contributed by atoms with van der Waals surface area (Å²) in [5.74, 6) is 1.44. The highest BCUT2D eigenvalue weighted by Crippen LogP contribution is 2.03. The molecule has 0 radical (unpaired) electrons. The first-order valence-electron chi connectivity index (χ1n) is 2.74. The molecule has 0 atom stereocenters. The van der Waals surface area contributed by atoms with Crippen molar-refractivity contribution in [3.63, 3.8) is 0 Å². The van der Waals surface area contributed by atoms with Crippen LogP contribution in [0.5, 0.6) is 0 Å². The predicted octanol–water partition coefficient (Wildman–Crippen LogP) is 1.57. The van der Waals surface area contributed by atoms with Gasteiger partial charge in [0.1, 0.15) is 0 Å². The van der Waals surface area contributed by atoms with E-state index in [1.807, 2.05) is 6.92 Å². The van der Waals surface area contributed by atoms with Gasteiger partial charge < -0.3 is 4.42 Å². The Bertz CT molecular complexity index is 168. The first-order chi connectivity index (χ1) is 4.36. The van der Waals surface area contributed by atoms with Crippen LogP contribution >= 0.6 is 22.6 Å². The third-order valence-corrected chi connectivity index (χ3v) is 1.58. The summed E-state index contributed by atoms with van der Waals surface area (Å²) >= 11 is 2.19. The standard InChI is InChI=1S/C5H7IN2O/c1-2-4-7-8-5(3-6)9-4/h2-3H2,1H3. The van der Waals surface area contributed by atoms with Crippen molar-refractivity contribution >= 4 is 22.6 Å². The van der Waals surface area contributed by atoms with E-state index in [-0.39, 0.29) is 0 Å². The van der Waals surface area contributed by atoms with Gasteiger partial charge in [0.2, 0.25) is 11.8 Å². The van der Waals surface area contributed by atoms with Crippen molar-refractivity contribution in [1.29, 1.82) is 0 Å². The molecule has 0 aliphatic carbocycles. The van der Waals surface area contributed by atoms with Crippen LogP contribution in [0.1, 0.15) is 18.7 Å². The molecular formula is C5H7IN2O. The van der Waals surface area contributed by atoms with Crippen molar-refractivity contribution in [2.45, 2.75) is 17.8 Å². The molecule has 0 N–H and O–H groups in total. The van der Waals surface area contributed by atoms with Crippen LogP contribution in [-0.4, -0.2) is 10.2 Å². The van der Waals surface area contributed by atoms with Gasteiger partial charge in [0.15, 0.2) is 0 Å². The van der Waals surface area contributed by atoms with Crippen LogP contribution in [0.25, 0.3) is 0 Å². The number of alkyl halides is 1. The van der Waals surface area contributed by atoms with E-state index < -0.39 is 0 Å². The van der Waals surface area contributed by atoms with E-state index in [0.29, 0.717) is 5.89 Å². The molecule has 0 saturated carbocycles. The lowest BCUT2D eigenvalue weighted by Crippen LogP contribution is -1.76. The van der Waals surface area contributed by atoms with Crippen molar-refractivity contribution in [1.82, 2.24) is 10.2 Å². The predicted molar refractivity (Wildman–Crippen MR) is 41.4 cm³/mol. The van der Waals surface area contributed by atoms with E-state index in [0.717, 1.165) is 16.7 Å². The lowest BCUT2D eigenvalue weighted by atomic mass is 10.5. The summed E-state index contributed by atoms with van der Waals surface area (Å²) in [6, 6.07) is 0. The average molecular weight is 238 g/mol. The number of nitrogens with zero attached hydrogens (tertiary/aromatic N) is 2. The van der Waals surface area contributed by atoms with Gasteiger partial charge in [-0.1, -0.05) is 29.5 Å². The molecule has 4 heteroatoms. The highest BCUT2D eigenvalue weighted by Gasteiger charge is 1.99. The van der Waals surface area contributed by atoms with Crippen LogP contribution in [-0.2, 0) is 10.8 Å². The van der Waals surface area contributed by atoms with Gasteiger partial charge in [0.05, 0.1) is 4.43 Å². The quantitative estimate of drug-likeness (QED) is 0.579. The zero-order valence-electron chi connectivity index (χ0n) is 5.09. The molecule has 9 heavy (non-hydrogen) atoms. The normalized spacial score (nSPS) is 10.0. The zero-order valence-corrected chi connectivity index (χ0v) is 7.25. The van der Waals surface area contributed by atoms with Crippen LogP contribution < -0.4 is 0 Å². The van der Waals surface area contributed by atoms with E-state index in [1.165, 1.54) is 0 Å². The maximum absolute atomic E-state index is 5.15. The van der Waals surface area contributed by atoms with Gasteiger partial charge in [-0.25, -0.2) is 0 Å². The Morgan fingerprint density at radius 1 is 1.44 bits per heavy atom. The van der Waals surface area contributed by atoms with Crippen LogP contribution in [0.2, 0.25) is 0 Å². The summed E-state index contributed by atoms with van der Waals surface area (Å²) in [6.07, 6.45) is 0.823. The fraction of sp³-hybridized carbons (Fsp3) is 0.600. The molecule has 0 saturated heterocycles. The van der Waals surface area contributed by atoms with Crippen molar-refractivity contribution < 1.29 is 4.42 Å². The van der Waals surface area contributed by atoms with E-state index in [4.69, 9.17) is 4.42 Å². The lowest BCUT2D eigenvalue weighted by Gasteiger charge is -1.80. The highest BCUT2D eigenvalue weighted by atomic mass is 127. The van der Waals surface area contributed by atoms with Gasteiger partial charge in [0, 0.05) is 6.42 Å². The Kier molecular flexibility index (Phi) is 2.44. The fourth-order valence-electron chi connectivity index (χ4n) is 0.485. The first kappa shape index (κ1) is 6.98. The molecule has 1 heterocycles.